The molecule has 0 saturated carbocycles. The lowest BCUT2D eigenvalue weighted by Crippen LogP contribution is -1.98. The average molecular weight is 283 g/mol. The highest BCUT2D eigenvalue weighted by Gasteiger charge is 2.10. The third-order valence-corrected chi connectivity index (χ3v) is 3.60. The van der Waals surface area contributed by atoms with E-state index in [1.807, 2.05) is 44.2 Å². The van der Waals surface area contributed by atoms with Gasteiger partial charge in [-0.3, -0.25) is 0 Å². The van der Waals surface area contributed by atoms with Crippen molar-refractivity contribution in [3.05, 3.63) is 41.7 Å². The van der Waals surface area contributed by atoms with Gasteiger partial charge >= 0.3 is 0 Å². The van der Waals surface area contributed by atoms with Crippen LogP contribution in [0.2, 0.25) is 0 Å². The molecule has 0 aliphatic heterocycles. The van der Waals surface area contributed by atoms with Crippen molar-refractivity contribution in [3.63, 3.8) is 0 Å². The van der Waals surface area contributed by atoms with Gasteiger partial charge in [0.1, 0.15) is 5.03 Å². The van der Waals surface area contributed by atoms with Crippen LogP contribution in [-0.2, 0) is 0 Å². The van der Waals surface area contributed by atoms with Crippen LogP contribution in [0.3, 0.4) is 0 Å². The van der Waals surface area contributed by atoms with Gasteiger partial charge in [0.05, 0.1) is 5.52 Å². The predicted molar refractivity (Wildman–Crippen MR) is 79.6 cm³/mol. The smallest absolute Gasteiger partial charge is 0.221 e. The molecule has 0 spiro atoms. The summed E-state index contributed by atoms with van der Waals surface area (Å²) in [4.78, 5) is 17.4. The number of nitrogens with two attached hydrogens (primary N) is 1. The van der Waals surface area contributed by atoms with Crippen molar-refractivity contribution in [1.29, 1.82) is 0 Å². The lowest BCUT2D eigenvalue weighted by Gasteiger charge is -2.06. The van der Waals surface area contributed by atoms with Crippen molar-refractivity contribution in [2.24, 2.45) is 0 Å². The van der Waals surface area contributed by atoms with Crippen LogP contribution in [0, 0.1) is 13.8 Å². The molecule has 2 aromatic heterocycles. The van der Waals surface area contributed by atoms with E-state index in [0.717, 1.165) is 27.3 Å². The van der Waals surface area contributed by atoms with Crippen LogP contribution in [0.5, 0.6) is 0 Å². The molecule has 0 aliphatic rings. The van der Waals surface area contributed by atoms with Gasteiger partial charge < -0.3 is 5.73 Å². The minimum Gasteiger partial charge on any atom is -0.368 e. The number of aryl methyl sites for hydroxylation is 2. The van der Waals surface area contributed by atoms with Crippen molar-refractivity contribution in [2.45, 2.75) is 24.0 Å². The molecule has 2 N–H and O–H groups in total. The Kier molecular flexibility index (Phi) is 3.23. The highest BCUT2D eigenvalue weighted by molar-refractivity contribution is 7.99. The van der Waals surface area contributed by atoms with Crippen molar-refractivity contribution >= 4 is 28.6 Å². The standard InChI is InChI=1S/C14H13N5S/c1-8-7-9(2)17-14(16-8)20-12-10-5-3-4-6-11(10)18-13(15)19-12/h3-7H,1-2H3,(H2,15,18,19). The Morgan fingerprint density at radius 1 is 0.950 bits per heavy atom. The first-order chi connectivity index (χ1) is 9.61. The zero-order valence-corrected chi connectivity index (χ0v) is 12.0. The second kappa shape index (κ2) is 5.05. The van der Waals surface area contributed by atoms with Gasteiger partial charge in [0.2, 0.25) is 5.95 Å². The largest absolute Gasteiger partial charge is 0.368 e. The summed E-state index contributed by atoms with van der Waals surface area (Å²) in [5.74, 6) is 0.260. The van der Waals surface area contributed by atoms with Crippen molar-refractivity contribution in [2.75, 3.05) is 5.73 Å². The highest BCUT2D eigenvalue weighted by atomic mass is 32.2. The van der Waals surface area contributed by atoms with Gasteiger partial charge in [0.15, 0.2) is 5.16 Å². The first-order valence-corrected chi connectivity index (χ1v) is 6.96. The summed E-state index contributed by atoms with van der Waals surface area (Å²) >= 11 is 1.41. The quantitative estimate of drug-likeness (QED) is 0.575. The molecule has 20 heavy (non-hydrogen) atoms. The fourth-order valence-corrected chi connectivity index (χ4v) is 2.94. The van der Waals surface area contributed by atoms with E-state index in [9.17, 15) is 0 Å². The van der Waals surface area contributed by atoms with Gasteiger partial charge in [-0.1, -0.05) is 18.2 Å². The zero-order chi connectivity index (χ0) is 14.1. The molecule has 0 amide bonds. The van der Waals surface area contributed by atoms with Gasteiger partial charge in [-0.2, -0.15) is 0 Å². The number of anilines is 1. The maximum absolute atomic E-state index is 5.76. The molecule has 0 atom stereocenters. The molecule has 0 fully saturated rings. The topological polar surface area (TPSA) is 77.6 Å². The molecular formula is C14H13N5S. The third-order valence-electron chi connectivity index (χ3n) is 2.74. The molecule has 0 bridgehead atoms. The van der Waals surface area contributed by atoms with Gasteiger partial charge in [-0.15, -0.1) is 0 Å². The van der Waals surface area contributed by atoms with Crippen LogP contribution in [0.4, 0.5) is 5.95 Å². The lowest BCUT2D eigenvalue weighted by molar-refractivity contribution is 0.899. The Morgan fingerprint density at radius 3 is 2.40 bits per heavy atom. The summed E-state index contributed by atoms with van der Waals surface area (Å²) in [7, 11) is 0. The van der Waals surface area contributed by atoms with E-state index in [2.05, 4.69) is 19.9 Å². The Morgan fingerprint density at radius 2 is 1.65 bits per heavy atom. The van der Waals surface area contributed by atoms with E-state index in [1.165, 1.54) is 11.8 Å². The van der Waals surface area contributed by atoms with E-state index in [-0.39, 0.29) is 5.95 Å². The molecule has 0 saturated heterocycles. The molecule has 0 radical (unpaired) electrons. The van der Waals surface area contributed by atoms with Gasteiger partial charge in [0, 0.05) is 16.8 Å². The maximum Gasteiger partial charge on any atom is 0.221 e. The molecule has 5 nitrogen and oxygen atoms in total. The van der Waals surface area contributed by atoms with Gasteiger partial charge in [-0.25, -0.2) is 19.9 Å². The van der Waals surface area contributed by atoms with E-state index in [1.54, 1.807) is 0 Å². The number of benzene rings is 1. The van der Waals surface area contributed by atoms with Crippen molar-refractivity contribution in [3.8, 4) is 0 Å². The lowest BCUT2D eigenvalue weighted by atomic mass is 10.2. The second-order valence-corrected chi connectivity index (χ2v) is 5.40. The van der Waals surface area contributed by atoms with E-state index in [4.69, 9.17) is 5.73 Å². The summed E-state index contributed by atoms with van der Waals surface area (Å²) in [5, 5.41) is 2.40. The van der Waals surface area contributed by atoms with Crippen LogP contribution in [-0.4, -0.2) is 19.9 Å². The van der Waals surface area contributed by atoms with E-state index in [0.29, 0.717) is 5.16 Å². The number of nitrogen functional groups attached to an aromatic ring is 1. The van der Waals surface area contributed by atoms with E-state index < -0.39 is 0 Å². The molecule has 3 rings (SSSR count). The van der Waals surface area contributed by atoms with Crippen molar-refractivity contribution in [1.82, 2.24) is 19.9 Å². The van der Waals surface area contributed by atoms with Crippen LogP contribution in [0.25, 0.3) is 10.9 Å². The number of hydrogen-bond acceptors (Lipinski definition) is 6. The third kappa shape index (κ3) is 2.55. The molecular weight excluding hydrogens is 270 g/mol. The molecule has 6 heteroatoms. The first kappa shape index (κ1) is 12.8. The SMILES string of the molecule is Cc1cc(C)nc(Sc2nc(N)nc3ccccc23)n1. The number of para-hydroxylation sites is 1. The number of aromatic nitrogens is 4. The van der Waals surface area contributed by atoms with Gasteiger partial charge in [-0.05, 0) is 37.7 Å². The first-order valence-electron chi connectivity index (χ1n) is 6.14. The molecule has 0 unspecified atom stereocenters. The fraction of sp³-hybridized carbons (Fsp3) is 0.143. The predicted octanol–water partition coefficient (Wildman–Crippen LogP) is 2.77. The Balaban J connectivity index is 2.10. The molecule has 0 aliphatic carbocycles. The summed E-state index contributed by atoms with van der Waals surface area (Å²) < 4.78 is 0. The minimum absolute atomic E-state index is 0.260. The number of fused-ring (bicyclic) bond motifs is 1. The summed E-state index contributed by atoms with van der Waals surface area (Å²) in [5.41, 5.74) is 8.46. The van der Waals surface area contributed by atoms with E-state index >= 15 is 0 Å². The zero-order valence-electron chi connectivity index (χ0n) is 11.2. The highest BCUT2D eigenvalue weighted by Crippen LogP contribution is 2.30. The second-order valence-electron chi connectivity index (χ2n) is 4.44. The Bertz CT molecular complexity index is 767. The molecule has 3 aromatic rings. The minimum atomic E-state index is 0.260. The monoisotopic (exact) mass is 283 g/mol. The van der Waals surface area contributed by atoms with Crippen LogP contribution in [0.1, 0.15) is 11.4 Å². The summed E-state index contributed by atoms with van der Waals surface area (Å²) in [6.45, 7) is 3.90. The van der Waals surface area contributed by atoms with Crippen LogP contribution >= 0.6 is 11.8 Å². The Hall–Kier alpha value is -2.21. The average Bonchev–Trinajstić information content (AvgIpc) is 2.37. The van der Waals surface area contributed by atoms with Crippen LogP contribution in [0.15, 0.2) is 40.5 Å². The Labute approximate surface area is 120 Å². The number of rotatable bonds is 2. The fourth-order valence-electron chi connectivity index (χ4n) is 1.97. The normalized spacial score (nSPS) is 10.9. The number of nitrogens with zero attached hydrogens (tertiary/aromatic N) is 4. The van der Waals surface area contributed by atoms with Crippen LogP contribution < -0.4 is 5.73 Å². The summed E-state index contributed by atoms with van der Waals surface area (Å²) in [6.07, 6.45) is 0. The number of hydrogen-bond donors (Lipinski definition) is 1. The van der Waals surface area contributed by atoms with Gasteiger partial charge in [0.25, 0.3) is 0 Å². The maximum atomic E-state index is 5.76. The molecule has 1 aromatic carbocycles. The van der Waals surface area contributed by atoms with Crippen molar-refractivity contribution < 1.29 is 0 Å². The summed E-state index contributed by atoms with van der Waals surface area (Å²) in [6, 6.07) is 9.71. The molecule has 2 heterocycles. The molecule has 100 valence electrons.